The molecular formula is C13H12F5N3O. The molecule has 0 bridgehead atoms. The molecule has 1 atom stereocenters. The summed E-state index contributed by atoms with van der Waals surface area (Å²) in [4.78, 5) is 12.5. The zero-order valence-corrected chi connectivity index (χ0v) is 11.4. The molecule has 120 valence electrons. The summed E-state index contributed by atoms with van der Waals surface area (Å²) in [5.74, 6) is -2.83. The van der Waals surface area contributed by atoms with Crippen LogP contribution in [0.3, 0.4) is 0 Å². The molecule has 0 aliphatic carbocycles. The van der Waals surface area contributed by atoms with Crippen molar-refractivity contribution in [2.75, 3.05) is 13.6 Å². The van der Waals surface area contributed by atoms with Gasteiger partial charge in [0.25, 0.3) is 0 Å². The lowest BCUT2D eigenvalue weighted by molar-refractivity contribution is -0.156. The summed E-state index contributed by atoms with van der Waals surface area (Å²) in [6.07, 6.45) is -5.18. The Morgan fingerprint density at radius 2 is 1.91 bits per heavy atom. The topological polar surface area (TPSA) is 56.1 Å². The fourth-order valence-corrected chi connectivity index (χ4v) is 1.66. The number of nitrogens with one attached hydrogen (secondary N) is 1. The van der Waals surface area contributed by atoms with Gasteiger partial charge < -0.3 is 10.2 Å². The third-order valence-corrected chi connectivity index (χ3v) is 2.79. The fraction of sp³-hybridized carbons (Fsp3) is 0.385. The van der Waals surface area contributed by atoms with Crippen LogP contribution in [-0.4, -0.2) is 30.7 Å². The van der Waals surface area contributed by atoms with Gasteiger partial charge in [0.2, 0.25) is 0 Å². The number of urea groups is 1. The predicted molar refractivity (Wildman–Crippen MR) is 66.5 cm³/mol. The second kappa shape index (κ2) is 7.06. The van der Waals surface area contributed by atoms with Crippen LogP contribution in [-0.2, 0) is 0 Å². The molecule has 0 radical (unpaired) electrons. The highest BCUT2D eigenvalue weighted by atomic mass is 19.4. The standard InChI is InChI=1S/C13H12F5N3O/c1-21(7-3-6-19)12(22)20-11(13(16,17)18)10-8(14)4-2-5-9(10)15/h2,4-5,11H,3,7H2,1H3,(H,20,22)/t11-/m0/s1. The van der Waals surface area contributed by atoms with Crippen molar-refractivity contribution in [1.82, 2.24) is 10.2 Å². The molecule has 0 aliphatic heterocycles. The first-order valence-corrected chi connectivity index (χ1v) is 6.07. The van der Waals surface area contributed by atoms with Crippen molar-refractivity contribution < 1.29 is 26.7 Å². The molecule has 0 aliphatic rings. The number of benzene rings is 1. The third kappa shape index (κ3) is 4.31. The Bertz CT molecular complexity index is 562. The number of hydrogen-bond acceptors (Lipinski definition) is 2. The van der Waals surface area contributed by atoms with Crippen LogP contribution in [0.25, 0.3) is 0 Å². The average Bonchev–Trinajstić information content (AvgIpc) is 2.42. The maximum Gasteiger partial charge on any atom is 0.413 e. The van der Waals surface area contributed by atoms with Crippen molar-refractivity contribution in [2.45, 2.75) is 18.6 Å². The van der Waals surface area contributed by atoms with Gasteiger partial charge in [0.05, 0.1) is 18.1 Å². The van der Waals surface area contributed by atoms with Gasteiger partial charge in [-0.25, -0.2) is 13.6 Å². The van der Waals surface area contributed by atoms with E-state index in [1.807, 2.05) is 0 Å². The molecule has 22 heavy (non-hydrogen) atoms. The highest BCUT2D eigenvalue weighted by Gasteiger charge is 2.45. The van der Waals surface area contributed by atoms with Gasteiger partial charge in [-0.1, -0.05) is 6.07 Å². The summed E-state index contributed by atoms with van der Waals surface area (Å²) >= 11 is 0. The molecule has 0 unspecified atom stereocenters. The second-order valence-electron chi connectivity index (χ2n) is 4.39. The first-order valence-electron chi connectivity index (χ1n) is 6.07. The van der Waals surface area contributed by atoms with Crippen LogP contribution in [0.4, 0.5) is 26.7 Å². The van der Waals surface area contributed by atoms with Crippen molar-refractivity contribution in [3.8, 4) is 6.07 Å². The lowest BCUT2D eigenvalue weighted by Crippen LogP contribution is -2.45. The molecule has 4 nitrogen and oxygen atoms in total. The molecule has 0 heterocycles. The second-order valence-corrected chi connectivity index (χ2v) is 4.39. The van der Waals surface area contributed by atoms with Crippen LogP contribution < -0.4 is 5.32 Å². The number of hydrogen-bond donors (Lipinski definition) is 1. The summed E-state index contributed by atoms with van der Waals surface area (Å²) in [6, 6.07) is -0.0414. The minimum Gasteiger partial charge on any atom is -0.327 e. The van der Waals surface area contributed by atoms with E-state index in [2.05, 4.69) is 0 Å². The molecule has 1 rings (SSSR count). The number of halogens is 5. The van der Waals surface area contributed by atoms with Crippen molar-refractivity contribution in [2.24, 2.45) is 0 Å². The number of alkyl halides is 3. The van der Waals surface area contributed by atoms with Gasteiger partial charge in [0.1, 0.15) is 11.6 Å². The van der Waals surface area contributed by atoms with Gasteiger partial charge in [-0.2, -0.15) is 18.4 Å². The summed E-state index contributed by atoms with van der Waals surface area (Å²) in [5, 5.41) is 9.91. The molecule has 1 aromatic rings. The number of rotatable bonds is 4. The Morgan fingerprint density at radius 3 is 2.36 bits per heavy atom. The number of nitrogens with zero attached hydrogens (tertiary/aromatic N) is 2. The quantitative estimate of drug-likeness (QED) is 0.866. The maximum atomic E-state index is 13.5. The summed E-state index contributed by atoms with van der Waals surface area (Å²) in [7, 11) is 1.16. The first kappa shape index (κ1) is 17.7. The fourth-order valence-electron chi connectivity index (χ4n) is 1.66. The Morgan fingerprint density at radius 1 is 1.36 bits per heavy atom. The summed E-state index contributed by atoms with van der Waals surface area (Å²) in [6.45, 7) is -0.118. The molecule has 2 amide bonds. The number of nitriles is 1. The molecule has 0 aromatic heterocycles. The van der Waals surface area contributed by atoms with Crippen LogP contribution in [0.2, 0.25) is 0 Å². The van der Waals surface area contributed by atoms with E-state index >= 15 is 0 Å². The summed E-state index contributed by atoms with van der Waals surface area (Å²) < 4.78 is 66.1. The zero-order chi connectivity index (χ0) is 16.9. The molecule has 0 fully saturated rings. The predicted octanol–water partition coefficient (Wildman–Crippen LogP) is 3.12. The molecule has 0 saturated carbocycles. The monoisotopic (exact) mass is 321 g/mol. The third-order valence-electron chi connectivity index (χ3n) is 2.79. The molecule has 0 spiro atoms. The van der Waals surface area contributed by atoms with Crippen LogP contribution in [0.5, 0.6) is 0 Å². The number of amides is 2. The Hall–Kier alpha value is -2.37. The molecule has 1 N–H and O–H groups in total. The molecule has 0 saturated heterocycles. The van der Waals surface area contributed by atoms with E-state index in [1.165, 1.54) is 5.32 Å². The van der Waals surface area contributed by atoms with Crippen LogP contribution in [0.1, 0.15) is 18.0 Å². The first-order chi connectivity index (χ1) is 10.2. The van der Waals surface area contributed by atoms with E-state index < -0.39 is 35.4 Å². The Balaban J connectivity index is 3.07. The lowest BCUT2D eigenvalue weighted by Gasteiger charge is -2.25. The number of carbonyl (C=O) groups excluding carboxylic acids is 1. The largest absolute Gasteiger partial charge is 0.413 e. The number of carbonyl (C=O) groups is 1. The van der Waals surface area contributed by atoms with Crippen LogP contribution in [0.15, 0.2) is 18.2 Å². The van der Waals surface area contributed by atoms with Gasteiger partial charge in [-0.05, 0) is 12.1 Å². The molecular weight excluding hydrogens is 309 g/mol. The zero-order valence-electron chi connectivity index (χ0n) is 11.4. The van der Waals surface area contributed by atoms with Gasteiger partial charge in [0, 0.05) is 13.6 Å². The van der Waals surface area contributed by atoms with Gasteiger partial charge in [-0.15, -0.1) is 0 Å². The highest BCUT2D eigenvalue weighted by molar-refractivity contribution is 5.74. The van der Waals surface area contributed by atoms with Crippen LogP contribution in [0, 0.1) is 23.0 Å². The summed E-state index contributed by atoms with van der Waals surface area (Å²) in [5.41, 5.74) is -1.28. The van der Waals surface area contributed by atoms with E-state index in [1.54, 1.807) is 6.07 Å². The normalized spacial score (nSPS) is 12.4. The molecule has 9 heteroatoms. The average molecular weight is 321 g/mol. The minimum atomic E-state index is -5.09. The van der Waals surface area contributed by atoms with E-state index in [0.29, 0.717) is 12.1 Å². The van der Waals surface area contributed by atoms with E-state index in [0.717, 1.165) is 18.0 Å². The van der Waals surface area contributed by atoms with E-state index in [9.17, 15) is 26.7 Å². The van der Waals surface area contributed by atoms with Crippen molar-refractivity contribution in [3.63, 3.8) is 0 Å². The van der Waals surface area contributed by atoms with Crippen LogP contribution >= 0.6 is 0 Å². The van der Waals surface area contributed by atoms with E-state index in [4.69, 9.17) is 5.26 Å². The SMILES string of the molecule is CN(CCC#N)C(=O)N[C@@H](c1c(F)cccc1F)C(F)(F)F. The minimum absolute atomic E-state index is 0.0886. The highest BCUT2D eigenvalue weighted by Crippen LogP contribution is 2.35. The lowest BCUT2D eigenvalue weighted by atomic mass is 10.1. The van der Waals surface area contributed by atoms with Gasteiger partial charge >= 0.3 is 12.2 Å². The van der Waals surface area contributed by atoms with Crippen molar-refractivity contribution in [3.05, 3.63) is 35.4 Å². The van der Waals surface area contributed by atoms with Crippen molar-refractivity contribution >= 4 is 6.03 Å². The van der Waals surface area contributed by atoms with Crippen molar-refractivity contribution in [1.29, 1.82) is 5.26 Å². The molecule has 1 aromatic carbocycles. The Labute approximate surface area is 123 Å². The smallest absolute Gasteiger partial charge is 0.327 e. The van der Waals surface area contributed by atoms with Gasteiger partial charge in [-0.3, -0.25) is 0 Å². The van der Waals surface area contributed by atoms with Gasteiger partial charge in [0.15, 0.2) is 6.04 Å². The van der Waals surface area contributed by atoms with E-state index in [-0.39, 0.29) is 13.0 Å². The Kier molecular flexibility index (Phi) is 5.68. The maximum absolute atomic E-state index is 13.5.